The number of hydrogen-bond donors (Lipinski definition) is 0. The normalized spacial score (nSPS) is 20.9. The molecule has 2 aromatic rings. The second kappa shape index (κ2) is 6.79. The molecule has 0 bridgehead atoms. The standard InChI is InChI=1S/C17H22N6O2/c1-13-19-15(12-16(20-13)23-6-3-5-18-23)21-7-9-22(10-8-21)17(24)14-4-2-11-25-14/h3,5-6,12,14H,2,4,7-11H2,1H3/t14-/m1/s1. The average Bonchev–Trinajstić information content (AvgIpc) is 3.34. The van der Waals surface area contributed by atoms with Gasteiger partial charge < -0.3 is 14.5 Å². The van der Waals surface area contributed by atoms with Crippen molar-refractivity contribution < 1.29 is 9.53 Å². The molecule has 2 fully saturated rings. The molecule has 8 nitrogen and oxygen atoms in total. The van der Waals surface area contributed by atoms with Gasteiger partial charge in [-0.05, 0) is 25.8 Å². The van der Waals surface area contributed by atoms with E-state index < -0.39 is 0 Å². The predicted molar refractivity (Wildman–Crippen MR) is 91.7 cm³/mol. The van der Waals surface area contributed by atoms with Crippen molar-refractivity contribution in [2.75, 3.05) is 37.7 Å². The van der Waals surface area contributed by atoms with Crippen LogP contribution in [0.3, 0.4) is 0 Å². The fourth-order valence-corrected chi connectivity index (χ4v) is 3.35. The van der Waals surface area contributed by atoms with Crippen LogP contribution in [0.1, 0.15) is 18.7 Å². The molecule has 0 unspecified atom stereocenters. The molecule has 1 atom stereocenters. The summed E-state index contributed by atoms with van der Waals surface area (Å²) in [4.78, 5) is 25.6. The third kappa shape index (κ3) is 3.34. The third-order valence-corrected chi connectivity index (χ3v) is 4.67. The quantitative estimate of drug-likeness (QED) is 0.821. The molecular formula is C17H22N6O2. The van der Waals surface area contributed by atoms with E-state index >= 15 is 0 Å². The maximum absolute atomic E-state index is 12.5. The van der Waals surface area contributed by atoms with Crippen LogP contribution < -0.4 is 4.90 Å². The SMILES string of the molecule is Cc1nc(N2CCN(C(=O)[C@H]3CCCO3)CC2)cc(-n2cccn2)n1. The van der Waals surface area contributed by atoms with Gasteiger partial charge in [-0.2, -0.15) is 5.10 Å². The topological polar surface area (TPSA) is 76.4 Å². The molecule has 25 heavy (non-hydrogen) atoms. The molecule has 4 rings (SSSR count). The highest BCUT2D eigenvalue weighted by Gasteiger charge is 2.30. The lowest BCUT2D eigenvalue weighted by molar-refractivity contribution is -0.141. The van der Waals surface area contributed by atoms with Crippen LogP contribution in [0.5, 0.6) is 0 Å². The third-order valence-electron chi connectivity index (χ3n) is 4.67. The predicted octanol–water partition coefficient (Wildman–Crippen LogP) is 0.798. The summed E-state index contributed by atoms with van der Waals surface area (Å²) < 4.78 is 7.25. The molecule has 2 aliphatic rings. The van der Waals surface area contributed by atoms with Gasteiger partial charge in [0.25, 0.3) is 5.91 Å². The molecule has 0 aromatic carbocycles. The van der Waals surface area contributed by atoms with Crippen molar-refractivity contribution in [2.45, 2.75) is 25.9 Å². The van der Waals surface area contributed by atoms with Crippen LogP contribution in [0, 0.1) is 6.92 Å². The molecule has 0 radical (unpaired) electrons. The van der Waals surface area contributed by atoms with Crippen LogP contribution in [-0.2, 0) is 9.53 Å². The molecular weight excluding hydrogens is 320 g/mol. The minimum absolute atomic E-state index is 0.133. The summed E-state index contributed by atoms with van der Waals surface area (Å²) in [5.74, 6) is 2.47. The molecule has 4 heterocycles. The molecule has 1 amide bonds. The lowest BCUT2D eigenvalue weighted by Gasteiger charge is -2.36. The summed E-state index contributed by atoms with van der Waals surface area (Å²) in [5.41, 5.74) is 0. The number of piperazine rings is 1. The monoisotopic (exact) mass is 342 g/mol. The molecule has 2 aliphatic heterocycles. The van der Waals surface area contributed by atoms with Crippen LogP contribution in [0.4, 0.5) is 5.82 Å². The van der Waals surface area contributed by atoms with E-state index in [1.54, 1.807) is 10.9 Å². The molecule has 8 heteroatoms. The summed E-state index contributed by atoms with van der Waals surface area (Å²) in [7, 11) is 0. The van der Waals surface area contributed by atoms with Gasteiger partial charge in [0.05, 0.1) is 0 Å². The Balaban J connectivity index is 1.45. The van der Waals surface area contributed by atoms with Crippen LogP contribution in [0.2, 0.25) is 0 Å². The maximum Gasteiger partial charge on any atom is 0.251 e. The average molecular weight is 342 g/mol. The number of rotatable bonds is 3. The van der Waals surface area contributed by atoms with Crippen molar-refractivity contribution >= 4 is 11.7 Å². The highest BCUT2D eigenvalue weighted by Crippen LogP contribution is 2.19. The van der Waals surface area contributed by atoms with E-state index in [1.165, 1.54) is 0 Å². The van der Waals surface area contributed by atoms with Gasteiger partial charge in [0.2, 0.25) is 0 Å². The zero-order chi connectivity index (χ0) is 17.2. The zero-order valence-electron chi connectivity index (χ0n) is 14.3. The number of nitrogens with zero attached hydrogens (tertiary/aromatic N) is 6. The van der Waals surface area contributed by atoms with E-state index in [-0.39, 0.29) is 12.0 Å². The number of aromatic nitrogens is 4. The summed E-state index contributed by atoms with van der Waals surface area (Å²) >= 11 is 0. The van der Waals surface area contributed by atoms with Gasteiger partial charge in [-0.1, -0.05) is 0 Å². The summed E-state index contributed by atoms with van der Waals surface area (Å²) in [5, 5.41) is 4.23. The van der Waals surface area contributed by atoms with Gasteiger partial charge in [0.1, 0.15) is 17.7 Å². The van der Waals surface area contributed by atoms with Gasteiger partial charge in [-0.3, -0.25) is 4.79 Å². The van der Waals surface area contributed by atoms with Crippen molar-refractivity contribution in [3.05, 3.63) is 30.4 Å². The van der Waals surface area contributed by atoms with Crippen molar-refractivity contribution in [3.63, 3.8) is 0 Å². The Hall–Kier alpha value is -2.48. The van der Waals surface area contributed by atoms with Crippen molar-refractivity contribution in [1.82, 2.24) is 24.6 Å². The number of carbonyl (C=O) groups excluding carboxylic acids is 1. The molecule has 2 saturated heterocycles. The van der Waals surface area contributed by atoms with Crippen LogP contribution >= 0.6 is 0 Å². The van der Waals surface area contributed by atoms with E-state index in [9.17, 15) is 4.79 Å². The van der Waals surface area contributed by atoms with Crippen molar-refractivity contribution in [2.24, 2.45) is 0 Å². The molecule has 0 aliphatic carbocycles. The Morgan fingerprint density at radius 1 is 1.20 bits per heavy atom. The Morgan fingerprint density at radius 3 is 2.68 bits per heavy atom. The van der Waals surface area contributed by atoms with E-state index in [0.717, 1.165) is 37.6 Å². The molecule has 2 aromatic heterocycles. The Kier molecular flexibility index (Phi) is 4.35. The van der Waals surface area contributed by atoms with Gasteiger partial charge in [-0.25, -0.2) is 14.6 Å². The van der Waals surface area contributed by atoms with Crippen molar-refractivity contribution in [3.8, 4) is 5.82 Å². The summed E-state index contributed by atoms with van der Waals surface area (Å²) in [6.45, 7) is 5.49. The lowest BCUT2D eigenvalue weighted by atomic mass is 10.2. The van der Waals surface area contributed by atoms with E-state index in [1.807, 2.05) is 30.2 Å². The second-order valence-corrected chi connectivity index (χ2v) is 6.40. The lowest BCUT2D eigenvalue weighted by Crippen LogP contribution is -2.51. The molecule has 0 saturated carbocycles. The number of amides is 1. The summed E-state index contributed by atoms with van der Waals surface area (Å²) in [6.07, 6.45) is 5.18. The highest BCUT2D eigenvalue weighted by molar-refractivity contribution is 5.81. The Labute approximate surface area is 146 Å². The number of aryl methyl sites for hydroxylation is 1. The Morgan fingerprint density at radius 2 is 2.00 bits per heavy atom. The zero-order valence-corrected chi connectivity index (χ0v) is 14.3. The van der Waals surface area contributed by atoms with Crippen LogP contribution in [-0.4, -0.2) is 69.4 Å². The first-order valence-electron chi connectivity index (χ1n) is 8.72. The first kappa shape index (κ1) is 16.0. The number of ether oxygens (including phenoxy) is 1. The van der Waals surface area contributed by atoms with Gasteiger partial charge in [0.15, 0.2) is 5.82 Å². The van der Waals surface area contributed by atoms with E-state index in [2.05, 4.69) is 20.0 Å². The van der Waals surface area contributed by atoms with Gasteiger partial charge >= 0.3 is 0 Å². The smallest absolute Gasteiger partial charge is 0.251 e. The fourth-order valence-electron chi connectivity index (χ4n) is 3.35. The van der Waals surface area contributed by atoms with Gasteiger partial charge in [-0.15, -0.1) is 0 Å². The highest BCUT2D eigenvalue weighted by atomic mass is 16.5. The summed E-state index contributed by atoms with van der Waals surface area (Å²) in [6, 6.07) is 3.81. The second-order valence-electron chi connectivity index (χ2n) is 6.40. The van der Waals surface area contributed by atoms with Crippen LogP contribution in [0.25, 0.3) is 5.82 Å². The first-order chi connectivity index (χ1) is 12.2. The van der Waals surface area contributed by atoms with Crippen molar-refractivity contribution in [1.29, 1.82) is 0 Å². The van der Waals surface area contributed by atoms with Gasteiger partial charge in [0, 0.05) is 51.2 Å². The fraction of sp³-hybridized carbons (Fsp3) is 0.529. The largest absolute Gasteiger partial charge is 0.368 e. The minimum Gasteiger partial charge on any atom is -0.368 e. The number of anilines is 1. The first-order valence-corrected chi connectivity index (χ1v) is 8.72. The van der Waals surface area contributed by atoms with Crippen LogP contribution in [0.15, 0.2) is 24.5 Å². The van der Waals surface area contributed by atoms with E-state index in [4.69, 9.17) is 4.74 Å². The molecule has 0 N–H and O–H groups in total. The number of carbonyl (C=O) groups is 1. The maximum atomic E-state index is 12.5. The minimum atomic E-state index is -0.237. The molecule has 132 valence electrons. The Bertz CT molecular complexity index is 734. The van der Waals surface area contributed by atoms with E-state index in [0.29, 0.717) is 25.5 Å². The number of hydrogen-bond acceptors (Lipinski definition) is 6. The molecule has 0 spiro atoms.